The molecule has 0 saturated carbocycles. The van der Waals surface area contributed by atoms with Crippen molar-refractivity contribution in [3.8, 4) is 0 Å². The average molecular weight is 270 g/mol. The molecule has 7 nitrogen and oxygen atoms in total. The number of nitrogens with one attached hydrogen (secondary N) is 2. The number of aromatic nitrogens is 2. The van der Waals surface area contributed by atoms with Gasteiger partial charge in [0.1, 0.15) is 0 Å². The second kappa shape index (κ2) is 4.53. The highest BCUT2D eigenvalue weighted by atomic mass is 31.2. The van der Waals surface area contributed by atoms with Gasteiger partial charge in [-0.3, -0.25) is 14.2 Å². The Labute approximate surface area is 101 Å². The maximum absolute atomic E-state index is 11.2. The minimum absolute atomic E-state index is 0.115. The smallest absolute Gasteiger partial charge is 0.324 e. The van der Waals surface area contributed by atoms with Crippen molar-refractivity contribution in [2.24, 2.45) is 0 Å². The number of fused-ring (bicyclic) bond motifs is 1. The summed E-state index contributed by atoms with van der Waals surface area (Å²) in [6, 6.07) is 4.89. The van der Waals surface area contributed by atoms with Crippen LogP contribution < -0.4 is 11.1 Å². The van der Waals surface area contributed by atoms with Crippen LogP contribution in [0.25, 0.3) is 11.0 Å². The molecular weight excluding hydrogens is 259 g/mol. The minimum atomic E-state index is -4.09. The van der Waals surface area contributed by atoms with Gasteiger partial charge in [-0.2, -0.15) is 0 Å². The molecule has 0 aliphatic heterocycles. The number of aryl methyl sites for hydroxylation is 1. The van der Waals surface area contributed by atoms with Crippen molar-refractivity contribution in [3.63, 3.8) is 0 Å². The Hall–Kier alpha value is -1.69. The molecule has 0 fully saturated rings. The van der Waals surface area contributed by atoms with E-state index in [9.17, 15) is 14.2 Å². The lowest BCUT2D eigenvalue weighted by Gasteiger charge is -2.06. The Morgan fingerprint density at radius 1 is 1.11 bits per heavy atom. The summed E-state index contributed by atoms with van der Waals surface area (Å²) < 4.78 is 10.8. The fourth-order valence-electron chi connectivity index (χ4n) is 1.68. The van der Waals surface area contributed by atoms with Gasteiger partial charge in [0.15, 0.2) is 0 Å². The average Bonchev–Trinajstić information content (AvgIpc) is 2.27. The van der Waals surface area contributed by atoms with E-state index >= 15 is 0 Å². The molecule has 0 saturated heterocycles. The number of benzene rings is 1. The zero-order valence-electron chi connectivity index (χ0n) is 9.21. The highest BCUT2D eigenvalue weighted by Gasteiger charge is 2.14. The van der Waals surface area contributed by atoms with Crippen molar-refractivity contribution in [2.75, 3.05) is 6.16 Å². The van der Waals surface area contributed by atoms with Gasteiger partial charge >= 0.3 is 18.7 Å². The quantitative estimate of drug-likeness (QED) is 0.459. The summed E-state index contributed by atoms with van der Waals surface area (Å²) in [5.74, 6) is 0. The van der Waals surface area contributed by atoms with Crippen LogP contribution in [-0.4, -0.2) is 25.9 Å². The number of hydrogen-bond donors (Lipinski definition) is 4. The van der Waals surface area contributed by atoms with E-state index < -0.39 is 18.7 Å². The number of rotatable bonds is 3. The molecule has 8 heteroatoms. The van der Waals surface area contributed by atoms with Crippen LogP contribution in [0, 0.1) is 0 Å². The van der Waals surface area contributed by atoms with Crippen molar-refractivity contribution in [1.82, 2.24) is 9.97 Å². The van der Waals surface area contributed by atoms with Crippen LogP contribution in [0.4, 0.5) is 0 Å². The lowest BCUT2D eigenvalue weighted by Crippen LogP contribution is -2.29. The topological polar surface area (TPSA) is 123 Å². The normalized spacial score (nSPS) is 11.9. The minimum Gasteiger partial charge on any atom is -0.324 e. The molecule has 0 amide bonds. The Balaban J connectivity index is 2.52. The van der Waals surface area contributed by atoms with Crippen molar-refractivity contribution >= 4 is 18.6 Å². The number of aromatic amines is 2. The molecule has 4 N–H and O–H groups in total. The monoisotopic (exact) mass is 270 g/mol. The molecule has 1 aromatic carbocycles. The van der Waals surface area contributed by atoms with Gasteiger partial charge in [-0.05, 0) is 18.1 Å². The fraction of sp³-hybridized carbons (Fsp3) is 0.200. The van der Waals surface area contributed by atoms with Crippen molar-refractivity contribution in [1.29, 1.82) is 0 Å². The van der Waals surface area contributed by atoms with E-state index in [0.717, 1.165) is 0 Å². The first-order valence-corrected chi connectivity index (χ1v) is 6.95. The number of hydrogen-bond acceptors (Lipinski definition) is 3. The molecule has 96 valence electrons. The van der Waals surface area contributed by atoms with Crippen LogP contribution in [-0.2, 0) is 11.0 Å². The first kappa shape index (κ1) is 12.8. The van der Waals surface area contributed by atoms with Gasteiger partial charge < -0.3 is 19.8 Å². The third kappa shape index (κ3) is 2.76. The molecular formula is C10H11N2O5P. The summed E-state index contributed by atoms with van der Waals surface area (Å²) in [7, 11) is -4.09. The lowest BCUT2D eigenvalue weighted by atomic mass is 10.1. The van der Waals surface area contributed by atoms with Gasteiger partial charge in [-0.25, -0.2) is 0 Å². The third-order valence-electron chi connectivity index (χ3n) is 2.52. The highest BCUT2D eigenvalue weighted by Crippen LogP contribution is 2.35. The first-order valence-electron chi connectivity index (χ1n) is 5.15. The lowest BCUT2D eigenvalue weighted by molar-refractivity contribution is 0.373. The largest absolute Gasteiger partial charge is 0.325 e. The first-order chi connectivity index (χ1) is 8.37. The summed E-state index contributed by atoms with van der Waals surface area (Å²) in [4.78, 5) is 44.8. The third-order valence-corrected chi connectivity index (χ3v) is 3.32. The molecule has 0 atom stereocenters. The Bertz CT molecular complexity index is 742. The van der Waals surface area contributed by atoms with Gasteiger partial charge in [0, 0.05) is 0 Å². The Morgan fingerprint density at radius 3 is 2.44 bits per heavy atom. The maximum atomic E-state index is 11.2. The van der Waals surface area contributed by atoms with Gasteiger partial charge in [0.25, 0.3) is 0 Å². The van der Waals surface area contributed by atoms with E-state index in [1.807, 2.05) is 0 Å². The Morgan fingerprint density at radius 2 is 1.78 bits per heavy atom. The molecule has 18 heavy (non-hydrogen) atoms. The van der Waals surface area contributed by atoms with Crippen molar-refractivity contribution in [2.45, 2.75) is 6.42 Å². The van der Waals surface area contributed by atoms with Crippen LogP contribution >= 0.6 is 7.60 Å². The zero-order valence-corrected chi connectivity index (χ0v) is 10.1. The van der Waals surface area contributed by atoms with Gasteiger partial charge in [0.05, 0.1) is 17.2 Å². The summed E-state index contributed by atoms with van der Waals surface area (Å²) in [5.41, 5.74) is -0.136. The predicted octanol–water partition coefficient (Wildman–Crippen LogP) is -0.0634. The van der Waals surface area contributed by atoms with Crippen molar-refractivity contribution < 1.29 is 14.4 Å². The Kier molecular flexibility index (Phi) is 3.21. The number of para-hydroxylation sites is 1. The molecule has 0 unspecified atom stereocenters. The fourth-order valence-corrected chi connectivity index (χ4v) is 2.21. The van der Waals surface area contributed by atoms with Gasteiger partial charge in [0.2, 0.25) is 0 Å². The molecule has 0 aliphatic rings. The van der Waals surface area contributed by atoms with Crippen molar-refractivity contribution in [3.05, 3.63) is 44.5 Å². The van der Waals surface area contributed by atoms with Crippen LogP contribution in [0.2, 0.25) is 0 Å². The summed E-state index contributed by atoms with van der Waals surface area (Å²) >= 11 is 0. The molecule has 0 bridgehead atoms. The van der Waals surface area contributed by atoms with E-state index in [1.54, 1.807) is 18.2 Å². The SMILES string of the molecule is O=c1[nH]c2cccc(CCP(=O)(O)O)c2[nH]c1=O. The van der Waals surface area contributed by atoms with Gasteiger partial charge in [-0.1, -0.05) is 12.1 Å². The summed E-state index contributed by atoms with van der Waals surface area (Å²) in [6.07, 6.45) is -0.198. The maximum Gasteiger partial charge on any atom is 0.325 e. The predicted molar refractivity (Wildman–Crippen MR) is 65.8 cm³/mol. The van der Waals surface area contributed by atoms with E-state index in [-0.39, 0.29) is 12.6 Å². The van der Waals surface area contributed by atoms with E-state index in [4.69, 9.17) is 9.79 Å². The highest BCUT2D eigenvalue weighted by molar-refractivity contribution is 7.51. The number of H-pyrrole nitrogens is 2. The molecule has 2 aromatic rings. The molecule has 2 rings (SSSR count). The van der Waals surface area contributed by atoms with Gasteiger partial charge in [-0.15, -0.1) is 0 Å². The summed E-state index contributed by atoms with van der Waals surface area (Å²) in [5, 5.41) is 0. The van der Waals surface area contributed by atoms with Crippen LogP contribution in [0.1, 0.15) is 5.56 Å². The van der Waals surface area contributed by atoms with Crippen LogP contribution in [0.5, 0.6) is 0 Å². The molecule has 0 spiro atoms. The molecule has 1 heterocycles. The standard InChI is InChI=1S/C10H11N2O5P/c13-9-10(14)12-8-6(4-5-18(15,16)17)2-1-3-7(8)11-9/h1-3H,4-5H2,(H,11,13)(H,12,14)(H2,15,16,17). The second-order valence-electron chi connectivity index (χ2n) is 3.89. The van der Waals surface area contributed by atoms with E-state index in [1.165, 1.54) is 0 Å². The zero-order chi connectivity index (χ0) is 13.3. The molecule has 1 aromatic heterocycles. The summed E-state index contributed by atoms with van der Waals surface area (Å²) in [6.45, 7) is 0. The van der Waals surface area contributed by atoms with E-state index in [0.29, 0.717) is 16.6 Å². The van der Waals surface area contributed by atoms with Crippen LogP contribution in [0.15, 0.2) is 27.8 Å². The molecule has 0 aliphatic carbocycles. The second-order valence-corrected chi connectivity index (χ2v) is 5.66. The molecule has 0 radical (unpaired) electrons. The van der Waals surface area contributed by atoms with Crippen LogP contribution in [0.3, 0.4) is 0 Å². The van der Waals surface area contributed by atoms with E-state index in [2.05, 4.69) is 9.97 Å².